The highest BCUT2D eigenvalue weighted by Gasteiger charge is 2.23. The van der Waals surface area contributed by atoms with Gasteiger partial charge in [-0.2, -0.15) is 4.37 Å². The van der Waals surface area contributed by atoms with Gasteiger partial charge in [0.05, 0.1) is 0 Å². The van der Waals surface area contributed by atoms with Crippen LogP contribution in [0.5, 0.6) is 0 Å². The SMILES string of the molecule is CCC1CCCC(c2ncns2)C1. The van der Waals surface area contributed by atoms with Crippen LogP contribution in [0, 0.1) is 5.92 Å². The molecular weight excluding hydrogens is 180 g/mol. The molecule has 1 aromatic rings. The van der Waals surface area contributed by atoms with Gasteiger partial charge in [0.15, 0.2) is 0 Å². The van der Waals surface area contributed by atoms with Gasteiger partial charge in [0.25, 0.3) is 0 Å². The van der Waals surface area contributed by atoms with Gasteiger partial charge in [0, 0.05) is 5.92 Å². The molecule has 0 bridgehead atoms. The predicted octanol–water partition coefficient (Wildman–Crippen LogP) is 3.22. The van der Waals surface area contributed by atoms with Crippen LogP contribution >= 0.6 is 11.5 Å². The number of hydrogen-bond donors (Lipinski definition) is 0. The summed E-state index contributed by atoms with van der Waals surface area (Å²) in [6.45, 7) is 2.30. The average molecular weight is 196 g/mol. The van der Waals surface area contributed by atoms with Gasteiger partial charge < -0.3 is 0 Å². The molecule has 0 aromatic carbocycles. The Morgan fingerprint density at radius 3 is 3.15 bits per heavy atom. The highest BCUT2D eigenvalue weighted by Crippen LogP contribution is 2.37. The van der Waals surface area contributed by atoms with Crippen LogP contribution in [0.25, 0.3) is 0 Å². The lowest BCUT2D eigenvalue weighted by atomic mass is 9.80. The van der Waals surface area contributed by atoms with Crippen LogP contribution in [0.2, 0.25) is 0 Å². The molecule has 0 aliphatic heterocycles. The molecule has 1 aliphatic rings. The van der Waals surface area contributed by atoms with E-state index in [1.807, 2.05) is 0 Å². The third kappa shape index (κ3) is 2.08. The van der Waals surface area contributed by atoms with Crippen molar-refractivity contribution in [2.24, 2.45) is 5.92 Å². The van der Waals surface area contributed by atoms with E-state index in [4.69, 9.17) is 0 Å². The van der Waals surface area contributed by atoms with E-state index in [2.05, 4.69) is 16.3 Å². The lowest BCUT2D eigenvalue weighted by Gasteiger charge is -2.26. The molecule has 2 atom stereocenters. The van der Waals surface area contributed by atoms with Gasteiger partial charge in [-0.25, -0.2) is 4.98 Å². The maximum atomic E-state index is 4.32. The third-order valence-corrected chi connectivity index (χ3v) is 3.91. The summed E-state index contributed by atoms with van der Waals surface area (Å²) in [7, 11) is 0. The summed E-state index contributed by atoms with van der Waals surface area (Å²) >= 11 is 1.58. The van der Waals surface area contributed by atoms with Gasteiger partial charge >= 0.3 is 0 Å². The molecule has 1 heterocycles. The molecule has 0 saturated heterocycles. The van der Waals surface area contributed by atoms with Crippen LogP contribution < -0.4 is 0 Å². The van der Waals surface area contributed by atoms with E-state index in [0.29, 0.717) is 5.92 Å². The molecule has 2 rings (SSSR count). The first-order valence-electron chi connectivity index (χ1n) is 5.16. The van der Waals surface area contributed by atoms with Crippen LogP contribution in [0.15, 0.2) is 6.33 Å². The van der Waals surface area contributed by atoms with Crippen molar-refractivity contribution in [3.05, 3.63) is 11.3 Å². The molecule has 0 spiro atoms. The van der Waals surface area contributed by atoms with Gasteiger partial charge in [-0.05, 0) is 30.3 Å². The number of rotatable bonds is 2. The standard InChI is InChI=1S/C10H16N2S/c1-2-8-4-3-5-9(6-8)10-11-7-12-13-10/h7-9H,2-6H2,1H3. The minimum absolute atomic E-state index is 0.714. The Bertz CT molecular complexity index is 245. The largest absolute Gasteiger partial charge is 0.228 e. The summed E-state index contributed by atoms with van der Waals surface area (Å²) < 4.78 is 4.08. The second-order valence-electron chi connectivity index (χ2n) is 3.92. The first-order valence-corrected chi connectivity index (χ1v) is 5.94. The number of nitrogens with zero attached hydrogens (tertiary/aromatic N) is 2. The molecule has 3 heteroatoms. The van der Waals surface area contributed by atoms with Gasteiger partial charge in [0.2, 0.25) is 0 Å². The average Bonchev–Trinajstić information content (AvgIpc) is 2.71. The van der Waals surface area contributed by atoms with Gasteiger partial charge in [-0.1, -0.05) is 26.2 Å². The zero-order valence-corrected chi connectivity index (χ0v) is 8.89. The smallest absolute Gasteiger partial charge is 0.129 e. The van der Waals surface area contributed by atoms with Crippen LogP contribution in [-0.2, 0) is 0 Å². The van der Waals surface area contributed by atoms with Crippen molar-refractivity contribution in [1.29, 1.82) is 0 Å². The topological polar surface area (TPSA) is 25.8 Å². The highest BCUT2D eigenvalue weighted by atomic mass is 32.1. The fourth-order valence-electron chi connectivity index (χ4n) is 2.25. The van der Waals surface area contributed by atoms with Crippen LogP contribution in [-0.4, -0.2) is 9.36 Å². The zero-order chi connectivity index (χ0) is 9.10. The molecule has 1 aromatic heterocycles. The van der Waals surface area contributed by atoms with E-state index in [1.54, 1.807) is 17.9 Å². The molecule has 0 radical (unpaired) electrons. The second-order valence-corrected chi connectivity index (χ2v) is 4.73. The van der Waals surface area contributed by atoms with Crippen LogP contribution in [0.3, 0.4) is 0 Å². The summed E-state index contributed by atoms with van der Waals surface area (Å²) in [6.07, 6.45) is 8.48. The third-order valence-electron chi connectivity index (χ3n) is 3.09. The van der Waals surface area contributed by atoms with E-state index in [1.165, 1.54) is 37.1 Å². The predicted molar refractivity (Wildman–Crippen MR) is 54.9 cm³/mol. The highest BCUT2D eigenvalue weighted by molar-refractivity contribution is 7.05. The van der Waals surface area contributed by atoms with Crippen molar-refractivity contribution in [2.45, 2.75) is 44.9 Å². The van der Waals surface area contributed by atoms with Crippen LogP contribution in [0.4, 0.5) is 0 Å². The number of aromatic nitrogens is 2. The Hall–Kier alpha value is -0.440. The van der Waals surface area contributed by atoms with E-state index >= 15 is 0 Å². The maximum absolute atomic E-state index is 4.32. The molecular formula is C10H16N2S. The van der Waals surface area contributed by atoms with E-state index in [0.717, 1.165) is 5.92 Å². The molecule has 1 fully saturated rings. The zero-order valence-electron chi connectivity index (χ0n) is 8.07. The van der Waals surface area contributed by atoms with Gasteiger partial charge in [-0.3, -0.25) is 0 Å². The van der Waals surface area contributed by atoms with Crippen molar-refractivity contribution in [2.75, 3.05) is 0 Å². The minimum Gasteiger partial charge on any atom is -0.228 e. The molecule has 1 saturated carbocycles. The molecule has 0 N–H and O–H groups in total. The maximum Gasteiger partial charge on any atom is 0.129 e. The first kappa shape index (κ1) is 9.13. The van der Waals surface area contributed by atoms with E-state index in [9.17, 15) is 0 Å². The van der Waals surface area contributed by atoms with Crippen molar-refractivity contribution in [3.8, 4) is 0 Å². The summed E-state index contributed by atoms with van der Waals surface area (Å²) in [5.41, 5.74) is 0. The molecule has 2 nitrogen and oxygen atoms in total. The van der Waals surface area contributed by atoms with E-state index < -0.39 is 0 Å². The summed E-state index contributed by atoms with van der Waals surface area (Å²) in [5.74, 6) is 1.65. The molecule has 2 unspecified atom stereocenters. The number of hydrogen-bond acceptors (Lipinski definition) is 3. The fourth-order valence-corrected chi connectivity index (χ4v) is 2.91. The Kier molecular flexibility index (Phi) is 2.94. The summed E-state index contributed by atoms with van der Waals surface area (Å²) in [6, 6.07) is 0. The van der Waals surface area contributed by atoms with Crippen molar-refractivity contribution >= 4 is 11.5 Å². The molecule has 13 heavy (non-hydrogen) atoms. The minimum atomic E-state index is 0.714. The van der Waals surface area contributed by atoms with Crippen molar-refractivity contribution < 1.29 is 0 Å². The van der Waals surface area contributed by atoms with Crippen LogP contribution in [0.1, 0.15) is 50.0 Å². The second kappa shape index (κ2) is 4.18. The van der Waals surface area contributed by atoms with Crippen molar-refractivity contribution in [1.82, 2.24) is 9.36 Å². The van der Waals surface area contributed by atoms with E-state index in [-0.39, 0.29) is 0 Å². The normalized spacial score (nSPS) is 29.0. The monoisotopic (exact) mass is 196 g/mol. The Labute approximate surface area is 83.6 Å². The molecule has 1 aliphatic carbocycles. The Balaban J connectivity index is 2.00. The Morgan fingerprint density at radius 2 is 2.46 bits per heavy atom. The van der Waals surface area contributed by atoms with Gasteiger partial charge in [0.1, 0.15) is 11.3 Å². The molecule has 72 valence electrons. The van der Waals surface area contributed by atoms with Gasteiger partial charge in [-0.15, -0.1) is 0 Å². The summed E-state index contributed by atoms with van der Waals surface area (Å²) in [5, 5.41) is 1.26. The van der Waals surface area contributed by atoms with Crippen molar-refractivity contribution in [3.63, 3.8) is 0 Å². The lowest BCUT2D eigenvalue weighted by Crippen LogP contribution is -2.13. The lowest BCUT2D eigenvalue weighted by molar-refractivity contribution is 0.314. The summed E-state index contributed by atoms with van der Waals surface area (Å²) in [4.78, 5) is 4.32. The Morgan fingerprint density at radius 1 is 1.54 bits per heavy atom. The molecule has 0 amide bonds. The first-order chi connectivity index (χ1) is 6.40. The quantitative estimate of drug-likeness (QED) is 0.725. The fraction of sp³-hybridized carbons (Fsp3) is 0.800.